The maximum atomic E-state index is 13.2. The molecule has 0 radical (unpaired) electrons. The van der Waals surface area contributed by atoms with Gasteiger partial charge in [-0.3, -0.25) is 0 Å². The van der Waals surface area contributed by atoms with Crippen molar-refractivity contribution in [1.29, 1.82) is 0 Å². The lowest BCUT2D eigenvalue weighted by atomic mass is 10.1. The molecule has 0 aliphatic heterocycles. The maximum Gasteiger partial charge on any atom is 0.419 e. The molecule has 6 heteroatoms. The largest absolute Gasteiger partial charge is 0.456 e. The van der Waals surface area contributed by atoms with Gasteiger partial charge in [-0.15, -0.1) is 0 Å². The van der Waals surface area contributed by atoms with E-state index >= 15 is 0 Å². The maximum absolute atomic E-state index is 13.2. The Balaban J connectivity index is 2.46. The number of hydrogen-bond donors (Lipinski definition) is 1. The van der Waals surface area contributed by atoms with Gasteiger partial charge in [0.2, 0.25) is 0 Å². The van der Waals surface area contributed by atoms with Gasteiger partial charge in [-0.1, -0.05) is 12.1 Å². The predicted octanol–water partition coefficient (Wildman–Crippen LogP) is 4.44. The van der Waals surface area contributed by atoms with Crippen LogP contribution in [0.5, 0.6) is 11.5 Å². The van der Waals surface area contributed by atoms with Gasteiger partial charge in [-0.05, 0) is 36.2 Å². The van der Waals surface area contributed by atoms with Gasteiger partial charge < -0.3 is 9.84 Å². The van der Waals surface area contributed by atoms with Crippen LogP contribution in [0.3, 0.4) is 0 Å². The average Bonchev–Trinajstić information content (AvgIpc) is 2.42. The van der Waals surface area contributed by atoms with Crippen LogP contribution >= 0.6 is 0 Å². The zero-order valence-corrected chi connectivity index (χ0v) is 11.0. The summed E-state index contributed by atoms with van der Waals surface area (Å²) in [6.07, 6.45) is -4.64. The summed E-state index contributed by atoms with van der Waals surface area (Å²) in [7, 11) is 0. The number of aliphatic hydroxyl groups is 1. The Morgan fingerprint density at radius 2 is 1.76 bits per heavy atom. The van der Waals surface area contributed by atoms with Crippen LogP contribution in [0, 0.1) is 12.7 Å². The number of aliphatic hydroxyl groups excluding tert-OH is 1. The van der Waals surface area contributed by atoms with Gasteiger partial charge in [0, 0.05) is 6.07 Å². The second-order valence-corrected chi connectivity index (χ2v) is 4.50. The van der Waals surface area contributed by atoms with Crippen molar-refractivity contribution in [3.05, 3.63) is 58.9 Å². The Bertz CT molecular complexity index is 651. The second-order valence-electron chi connectivity index (χ2n) is 4.50. The lowest BCUT2D eigenvalue weighted by molar-refractivity contribution is -0.138. The summed E-state index contributed by atoms with van der Waals surface area (Å²) in [5.41, 5.74) is -0.390. The van der Waals surface area contributed by atoms with E-state index < -0.39 is 29.9 Å². The molecule has 0 fully saturated rings. The normalized spacial score (nSPS) is 11.5. The number of alkyl halides is 3. The molecule has 1 N–H and O–H groups in total. The van der Waals surface area contributed by atoms with Crippen molar-refractivity contribution in [2.75, 3.05) is 0 Å². The third-order valence-electron chi connectivity index (χ3n) is 2.90. The summed E-state index contributed by atoms with van der Waals surface area (Å²) >= 11 is 0. The molecule has 0 amide bonds. The van der Waals surface area contributed by atoms with Crippen molar-refractivity contribution in [3.8, 4) is 11.5 Å². The van der Waals surface area contributed by atoms with Crippen molar-refractivity contribution >= 4 is 0 Å². The molecule has 21 heavy (non-hydrogen) atoms. The molecule has 112 valence electrons. The van der Waals surface area contributed by atoms with Gasteiger partial charge in [0.1, 0.15) is 17.3 Å². The van der Waals surface area contributed by atoms with Crippen LogP contribution in [-0.2, 0) is 12.8 Å². The summed E-state index contributed by atoms with van der Waals surface area (Å²) < 4.78 is 57.4. The van der Waals surface area contributed by atoms with Crippen LogP contribution < -0.4 is 4.74 Å². The fourth-order valence-electron chi connectivity index (χ4n) is 1.79. The van der Waals surface area contributed by atoms with Gasteiger partial charge in [0.25, 0.3) is 0 Å². The van der Waals surface area contributed by atoms with Crippen LogP contribution in [0.25, 0.3) is 0 Å². The predicted molar refractivity (Wildman–Crippen MR) is 68.6 cm³/mol. The van der Waals surface area contributed by atoms with E-state index in [-0.39, 0.29) is 11.3 Å². The van der Waals surface area contributed by atoms with Crippen LogP contribution in [0.1, 0.15) is 16.7 Å². The zero-order chi connectivity index (χ0) is 15.6. The molecule has 2 rings (SSSR count). The zero-order valence-electron chi connectivity index (χ0n) is 11.0. The van der Waals surface area contributed by atoms with E-state index in [9.17, 15) is 17.6 Å². The van der Waals surface area contributed by atoms with Gasteiger partial charge in [-0.25, -0.2) is 4.39 Å². The third kappa shape index (κ3) is 3.52. The lowest BCUT2D eigenvalue weighted by Gasteiger charge is -2.16. The van der Waals surface area contributed by atoms with Gasteiger partial charge in [0.15, 0.2) is 0 Å². The van der Waals surface area contributed by atoms with Crippen molar-refractivity contribution < 1.29 is 27.4 Å². The summed E-state index contributed by atoms with van der Waals surface area (Å²) in [5.74, 6) is -1.03. The highest BCUT2D eigenvalue weighted by molar-refractivity contribution is 5.44. The molecule has 0 heterocycles. The molecule has 2 aromatic carbocycles. The number of halogens is 4. The van der Waals surface area contributed by atoms with Crippen molar-refractivity contribution in [3.63, 3.8) is 0 Å². The Kier molecular flexibility index (Phi) is 4.18. The minimum Gasteiger partial charge on any atom is -0.456 e. The van der Waals surface area contributed by atoms with E-state index in [0.717, 1.165) is 18.2 Å². The fourth-order valence-corrected chi connectivity index (χ4v) is 1.79. The van der Waals surface area contributed by atoms with Gasteiger partial charge in [-0.2, -0.15) is 13.2 Å². The minimum atomic E-state index is -4.64. The molecule has 0 unspecified atom stereocenters. The summed E-state index contributed by atoms with van der Waals surface area (Å²) in [6.45, 7) is 1.09. The number of rotatable bonds is 3. The molecule has 2 aromatic rings. The van der Waals surface area contributed by atoms with E-state index in [1.807, 2.05) is 0 Å². The van der Waals surface area contributed by atoms with Crippen molar-refractivity contribution in [2.24, 2.45) is 0 Å². The van der Waals surface area contributed by atoms with Gasteiger partial charge in [0.05, 0.1) is 12.2 Å². The van der Waals surface area contributed by atoms with E-state index in [1.54, 1.807) is 6.92 Å². The van der Waals surface area contributed by atoms with E-state index in [1.165, 1.54) is 18.2 Å². The molecule has 0 spiro atoms. The van der Waals surface area contributed by atoms with Gasteiger partial charge >= 0.3 is 6.18 Å². The molecule has 0 bridgehead atoms. The summed E-state index contributed by atoms with van der Waals surface area (Å²) in [4.78, 5) is 0. The summed E-state index contributed by atoms with van der Waals surface area (Å²) in [6, 6.07) is 6.87. The summed E-state index contributed by atoms with van der Waals surface area (Å²) in [5, 5.41) is 8.93. The average molecular weight is 300 g/mol. The Morgan fingerprint density at radius 1 is 1.05 bits per heavy atom. The Labute approximate surface area is 118 Å². The molecule has 0 aromatic heterocycles. The SMILES string of the molecule is Cc1ccc(F)cc1Oc1ccc(CO)cc1C(F)(F)F. The number of aryl methyl sites for hydroxylation is 1. The first kappa shape index (κ1) is 15.3. The fraction of sp³-hybridized carbons (Fsp3) is 0.200. The standard InChI is InChI=1S/C15H12F4O2/c1-9-2-4-11(16)7-14(9)21-13-5-3-10(8-20)6-12(13)15(17,18)19/h2-7,20H,8H2,1H3. The van der Waals surface area contributed by atoms with E-state index in [2.05, 4.69) is 0 Å². The highest BCUT2D eigenvalue weighted by atomic mass is 19.4. The second kappa shape index (κ2) is 5.73. The third-order valence-corrected chi connectivity index (χ3v) is 2.90. The van der Waals surface area contributed by atoms with E-state index in [4.69, 9.17) is 9.84 Å². The quantitative estimate of drug-likeness (QED) is 0.849. The van der Waals surface area contributed by atoms with Crippen LogP contribution in [0.15, 0.2) is 36.4 Å². The van der Waals surface area contributed by atoms with Crippen molar-refractivity contribution in [1.82, 2.24) is 0 Å². The van der Waals surface area contributed by atoms with Crippen LogP contribution in [-0.4, -0.2) is 5.11 Å². The molecule has 0 atom stereocenters. The molecule has 0 saturated carbocycles. The molecule has 0 aliphatic rings. The number of hydrogen-bond acceptors (Lipinski definition) is 2. The first-order valence-electron chi connectivity index (χ1n) is 6.06. The number of benzene rings is 2. The highest BCUT2D eigenvalue weighted by Gasteiger charge is 2.35. The highest BCUT2D eigenvalue weighted by Crippen LogP contribution is 2.39. The smallest absolute Gasteiger partial charge is 0.419 e. The molecule has 0 saturated heterocycles. The first-order valence-corrected chi connectivity index (χ1v) is 6.06. The molecular weight excluding hydrogens is 288 g/mol. The lowest BCUT2D eigenvalue weighted by Crippen LogP contribution is -2.08. The minimum absolute atomic E-state index is 0.0113. The molecule has 0 aliphatic carbocycles. The number of ether oxygens (including phenoxy) is 1. The van der Waals surface area contributed by atoms with Crippen LogP contribution in [0.4, 0.5) is 17.6 Å². The Morgan fingerprint density at radius 3 is 2.38 bits per heavy atom. The molecule has 2 nitrogen and oxygen atoms in total. The van der Waals surface area contributed by atoms with Crippen molar-refractivity contribution in [2.45, 2.75) is 19.7 Å². The van der Waals surface area contributed by atoms with E-state index in [0.29, 0.717) is 5.56 Å². The molecular formula is C15H12F4O2. The monoisotopic (exact) mass is 300 g/mol. The van der Waals surface area contributed by atoms with Crippen LogP contribution in [0.2, 0.25) is 0 Å². The first-order chi connectivity index (χ1) is 9.81. The Hall–Kier alpha value is -2.08. The topological polar surface area (TPSA) is 29.5 Å².